The van der Waals surface area contributed by atoms with Crippen LogP contribution in [0.25, 0.3) is 11.1 Å². The summed E-state index contributed by atoms with van der Waals surface area (Å²) in [7, 11) is 0. The van der Waals surface area contributed by atoms with Gasteiger partial charge in [-0.3, -0.25) is 24.3 Å². The number of nitro benzene ring substituents is 1. The Balaban J connectivity index is 1.54. The first-order valence-corrected chi connectivity index (χ1v) is 10.1. The van der Waals surface area contributed by atoms with E-state index in [-0.39, 0.29) is 35.7 Å². The third kappa shape index (κ3) is 5.45. The number of rotatable bonds is 8. The average molecular weight is 482 g/mol. The van der Waals surface area contributed by atoms with Crippen molar-refractivity contribution < 1.29 is 23.7 Å². The van der Waals surface area contributed by atoms with Gasteiger partial charge in [0.25, 0.3) is 11.6 Å². The fraction of sp³-hybridized carbons (Fsp3) is 0.250. The van der Waals surface area contributed by atoms with Crippen LogP contribution in [0, 0.1) is 10.1 Å². The van der Waals surface area contributed by atoms with Crippen molar-refractivity contribution in [1.29, 1.82) is 0 Å². The first kappa shape index (κ1) is 23.3. The molecule has 0 bridgehead atoms. The molecule has 0 aliphatic heterocycles. The van der Waals surface area contributed by atoms with Crippen molar-refractivity contribution in [3.05, 3.63) is 67.1 Å². The predicted molar refractivity (Wildman–Crippen MR) is 117 cm³/mol. The zero-order valence-corrected chi connectivity index (χ0v) is 18.2. The van der Waals surface area contributed by atoms with Crippen molar-refractivity contribution in [2.24, 2.45) is 0 Å². The van der Waals surface area contributed by atoms with Crippen LogP contribution in [0.1, 0.15) is 19.8 Å². The lowest BCUT2D eigenvalue weighted by Gasteiger charge is -2.14. The molecule has 0 aliphatic rings. The number of hydrogen-bond acceptors (Lipinski definition) is 7. The number of benzene rings is 2. The number of non-ortho nitro benzene ring substituents is 1. The number of carbonyl (C=O) groups is 2. The number of ether oxygens (including phenoxy) is 1. The number of hydrogen-bond donors (Lipinski definition) is 1. The summed E-state index contributed by atoms with van der Waals surface area (Å²) in [4.78, 5) is 46.6. The number of nitro groups is 1. The standard InChI is InChI=1S/C20H17Cl2N3O7/c1-11(19(27)23-15-9-12(21)4-6-14(15)22)31-18(26)3-2-8-24-16-7-5-13(25(29)30)10-17(16)32-20(24)28/h4-7,9-11H,2-3,8H2,1H3,(H,23,27). The molecule has 1 heterocycles. The molecule has 2 aromatic carbocycles. The molecule has 1 amide bonds. The van der Waals surface area contributed by atoms with E-state index < -0.39 is 28.7 Å². The maximum absolute atomic E-state index is 12.2. The van der Waals surface area contributed by atoms with Gasteiger partial charge in [-0.25, -0.2) is 4.79 Å². The molecular weight excluding hydrogens is 465 g/mol. The van der Waals surface area contributed by atoms with Crippen molar-refractivity contribution in [3.63, 3.8) is 0 Å². The van der Waals surface area contributed by atoms with Crippen LogP contribution < -0.4 is 11.1 Å². The van der Waals surface area contributed by atoms with Crippen LogP contribution in [-0.4, -0.2) is 27.5 Å². The van der Waals surface area contributed by atoms with E-state index >= 15 is 0 Å². The Hall–Kier alpha value is -3.37. The molecule has 0 saturated carbocycles. The summed E-state index contributed by atoms with van der Waals surface area (Å²) in [6.07, 6.45) is -0.934. The van der Waals surface area contributed by atoms with Gasteiger partial charge in [-0.05, 0) is 37.6 Å². The topological polar surface area (TPSA) is 134 Å². The highest BCUT2D eigenvalue weighted by atomic mass is 35.5. The Morgan fingerprint density at radius 2 is 2.00 bits per heavy atom. The number of fused-ring (bicyclic) bond motifs is 1. The number of anilines is 1. The predicted octanol–water partition coefficient (Wildman–Crippen LogP) is 4.16. The largest absolute Gasteiger partial charge is 0.453 e. The number of carbonyl (C=O) groups excluding carboxylic acids is 2. The second-order valence-electron chi connectivity index (χ2n) is 6.78. The molecule has 3 rings (SSSR count). The zero-order valence-electron chi connectivity index (χ0n) is 16.7. The van der Waals surface area contributed by atoms with E-state index in [9.17, 15) is 24.5 Å². The molecule has 0 saturated heterocycles. The highest BCUT2D eigenvalue weighted by Crippen LogP contribution is 2.25. The SMILES string of the molecule is CC(OC(=O)CCCn1c(=O)oc2cc([N+](=O)[O-])ccc21)C(=O)Nc1cc(Cl)ccc1Cl. The highest BCUT2D eigenvalue weighted by Gasteiger charge is 2.19. The van der Waals surface area contributed by atoms with Crippen molar-refractivity contribution in [2.75, 3.05) is 5.32 Å². The van der Waals surface area contributed by atoms with E-state index in [0.717, 1.165) is 6.07 Å². The lowest BCUT2D eigenvalue weighted by Crippen LogP contribution is -2.30. The number of aryl methyl sites for hydroxylation is 1. The van der Waals surface area contributed by atoms with Gasteiger partial charge in [-0.2, -0.15) is 0 Å². The van der Waals surface area contributed by atoms with Gasteiger partial charge in [0.1, 0.15) is 0 Å². The quantitative estimate of drug-likeness (QED) is 0.290. The molecule has 0 spiro atoms. The minimum Gasteiger partial charge on any atom is -0.453 e. The van der Waals surface area contributed by atoms with Crippen molar-refractivity contribution in [3.8, 4) is 0 Å². The lowest BCUT2D eigenvalue weighted by atomic mass is 10.2. The maximum Gasteiger partial charge on any atom is 0.419 e. The first-order chi connectivity index (χ1) is 15.2. The summed E-state index contributed by atoms with van der Waals surface area (Å²) in [5.74, 6) is -1.91. The number of nitrogens with zero attached hydrogens (tertiary/aromatic N) is 2. The summed E-state index contributed by atoms with van der Waals surface area (Å²) in [5.41, 5.74) is 0.545. The third-order valence-electron chi connectivity index (χ3n) is 4.49. The van der Waals surface area contributed by atoms with Gasteiger partial charge in [0.05, 0.1) is 27.2 Å². The smallest absolute Gasteiger partial charge is 0.419 e. The van der Waals surface area contributed by atoms with Gasteiger partial charge in [0.15, 0.2) is 11.7 Å². The monoisotopic (exact) mass is 481 g/mol. The number of amides is 1. The molecule has 32 heavy (non-hydrogen) atoms. The Labute approximate surface area is 190 Å². The van der Waals surface area contributed by atoms with Crippen LogP contribution in [0.4, 0.5) is 11.4 Å². The van der Waals surface area contributed by atoms with E-state index in [0.29, 0.717) is 16.2 Å². The van der Waals surface area contributed by atoms with Gasteiger partial charge < -0.3 is 14.5 Å². The van der Waals surface area contributed by atoms with Crippen LogP contribution in [0.15, 0.2) is 45.6 Å². The van der Waals surface area contributed by atoms with Crippen molar-refractivity contribution in [2.45, 2.75) is 32.4 Å². The summed E-state index contributed by atoms with van der Waals surface area (Å²) >= 11 is 11.9. The highest BCUT2D eigenvalue weighted by molar-refractivity contribution is 6.35. The normalized spacial score (nSPS) is 11.8. The van der Waals surface area contributed by atoms with E-state index in [1.807, 2.05) is 0 Å². The number of nitrogens with one attached hydrogen (secondary N) is 1. The minimum atomic E-state index is -1.09. The van der Waals surface area contributed by atoms with Crippen LogP contribution in [-0.2, 0) is 20.9 Å². The fourth-order valence-corrected chi connectivity index (χ4v) is 3.24. The molecule has 0 fully saturated rings. The Morgan fingerprint density at radius 1 is 1.25 bits per heavy atom. The van der Waals surface area contributed by atoms with Gasteiger partial charge in [0.2, 0.25) is 0 Å². The van der Waals surface area contributed by atoms with E-state index in [2.05, 4.69) is 5.32 Å². The molecule has 10 nitrogen and oxygen atoms in total. The van der Waals surface area contributed by atoms with Crippen LogP contribution in [0.3, 0.4) is 0 Å². The molecule has 0 radical (unpaired) electrons. The van der Waals surface area contributed by atoms with Crippen LogP contribution in [0.2, 0.25) is 10.0 Å². The van der Waals surface area contributed by atoms with Gasteiger partial charge in [-0.1, -0.05) is 23.2 Å². The lowest BCUT2D eigenvalue weighted by molar-refractivity contribution is -0.384. The molecule has 168 valence electrons. The fourth-order valence-electron chi connectivity index (χ4n) is 2.90. The molecule has 3 aromatic rings. The second-order valence-corrected chi connectivity index (χ2v) is 7.62. The average Bonchev–Trinajstić information content (AvgIpc) is 3.05. The Bertz CT molecular complexity index is 1250. The number of oxazole rings is 1. The molecule has 1 aromatic heterocycles. The molecule has 1 N–H and O–H groups in total. The first-order valence-electron chi connectivity index (χ1n) is 9.39. The summed E-state index contributed by atoms with van der Waals surface area (Å²) < 4.78 is 11.4. The Morgan fingerprint density at radius 3 is 2.72 bits per heavy atom. The minimum absolute atomic E-state index is 0.0678. The van der Waals surface area contributed by atoms with Crippen molar-refractivity contribution in [1.82, 2.24) is 4.57 Å². The Kier molecular flexibility index (Phi) is 7.16. The number of esters is 1. The summed E-state index contributed by atoms with van der Waals surface area (Å²) in [6.45, 7) is 1.53. The third-order valence-corrected chi connectivity index (χ3v) is 5.05. The molecule has 0 aliphatic carbocycles. The zero-order chi connectivity index (χ0) is 23.4. The van der Waals surface area contributed by atoms with Gasteiger partial charge >= 0.3 is 11.7 Å². The van der Waals surface area contributed by atoms with E-state index in [1.165, 1.54) is 35.8 Å². The van der Waals surface area contributed by atoms with Crippen LogP contribution >= 0.6 is 23.2 Å². The van der Waals surface area contributed by atoms with E-state index in [4.69, 9.17) is 32.4 Å². The van der Waals surface area contributed by atoms with Gasteiger partial charge in [-0.15, -0.1) is 0 Å². The second kappa shape index (κ2) is 9.84. The maximum atomic E-state index is 12.2. The van der Waals surface area contributed by atoms with E-state index in [1.54, 1.807) is 6.07 Å². The molecule has 12 heteroatoms. The molecule has 1 atom stereocenters. The summed E-state index contributed by atoms with van der Waals surface area (Å²) in [5, 5.41) is 14.0. The number of aromatic nitrogens is 1. The van der Waals surface area contributed by atoms with Crippen LogP contribution in [0.5, 0.6) is 0 Å². The van der Waals surface area contributed by atoms with Crippen molar-refractivity contribution >= 4 is 57.6 Å². The number of halogens is 2. The molecule has 1 unspecified atom stereocenters. The molecular formula is C20H17Cl2N3O7. The summed E-state index contributed by atoms with van der Waals surface area (Å²) in [6, 6.07) is 8.39. The van der Waals surface area contributed by atoms with Gasteiger partial charge in [0, 0.05) is 24.1 Å².